The van der Waals surface area contributed by atoms with Gasteiger partial charge in [-0.2, -0.15) is 0 Å². The Balaban J connectivity index is 1.67. The van der Waals surface area contributed by atoms with Crippen molar-refractivity contribution in [2.45, 2.75) is 0 Å². The number of halogens is 2. The van der Waals surface area contributed by atoms with Gasteiger partial charge in [-0.05, 0) is 36.4 Å². The number of benzene rings is 2. The van der Waals surface area contributed by atoms with E-state index in [1.54, 1.807) is 35.7 Å². The molecule has 1 aromatic heterocycles. The highest BCUT2D eigenvalue weighted by atomic mass is 35.5. The first-order valence-electron chi connectivity index (χ1n) is 6.65. The highest BCUT2D eigenvalue weighted by Gasteiger charge is 2.11. The lowest BCUT2D eigenvalue weighted by molar-refractivity contribution is 0.0958. The van der Waals surface area contributed by atoms with E-state index in [9.17, 15) is 4.79 Å². The van der Waals surface area contributed by atoms with Crippen molar-refractivity contribution in [2.75, 3.05) is 5.43 Å². The summed E-state index contributed by atoms with van der Waals surface area (Å²) in [5, 5.41) is 3.71. The number of thiazole rings is 1. The van der Waals surface area contributed by atoms with Crippen LogP contribution in [-0.2, 0) is 0 Å². The van der Waals surface area contributed by atoms with E-state index in [4.69, 9.17) is 23.2 Å². The lowest BCUT2D eigenvalue weighted by Gasteiger charge is -2.06. The summed E-state index contributed by atoms with van der Waals surface area (Å²) in [5.41, 5.74) is 7.36. The molecule has 3 rings (SSSR count). The number of aromatic nitrogens is 1. The van der Waals surface area contributed by atoms with Crippen LogP contribution < -0.4 is 10.9 Å². The van der Waals surface area contributed by atoms with E-state index in [2.05, 4.69) is 15.8 Å². The highest BCUT2D eigenvalue weighted by molar-refractivity contribution is 7.13. The quantitative estimate of drug-likeness (QED) is 0.649. The third kappa shape index (κ3) is 4.01. The normalized spacial score (nSPS) is 10.3. The summed E-state index contributed by atoms with van der Waals surface area (Å²) < 4.78 is 0. The fourth-order valence-electron chi connectivity index (χ4n) is 1.86. The van der Waals surface area contributed by atoms with Gasteiger partial charge in [0.2, 0.25) is 0 Å². The molecule has 0 saturated carbocycles. The average molecular weight is 364 g/mol. The SMILES string of the molecule is O=C(NNc1ccc(Cl)cc1)c1csc(-c2cccc(Cl)c2)n1. The fraction of sp³-hybridized carbons (Fsp3) is 0. The number of hydrazine groups is 1. The molecule has 0 unspecified atom stereocenters. The molecule has 0 radical (unpaired) electrons. The maximum atomic E-state index is 12.1. The summed E-state index contributed by atoms with van der Waals surface area (Å²) in [6.45, 7) is 0. The smallest absolute Gasteiger partial charge is 0.289 e. The summed E-state index contributed by atoms with van der Waals surface area (Å²) >= 11 is 13.2. The molecular weight excluding hydrogens is 353 g/mol. The summed E-state index contributed by atoms with van der Waals surface area (Å²) in [4.78, 5) is 16.4. The molecule has 7 heteroatoms. The van der Waals surface area contributed by atoms with Crippen molar-refractivity contribution >= 4 is 46.1 Å². The number of hydrogen-bond donors (Lipinski definition) is 2. The van der Waals surface area contributed by atoms with Gasteiger partial charge in [0.1, 0.15) is 10.7 Å². The molecule has 0 bridgehead atoms. The largest absolute Gasteiger partial charge is 0.298 e. The molecule has 23 heavy (non-hydrogen) atoms. The Labute approximate surface area is 147 Å². The van der Waals surface area contributed by atoms with Crippen LogP contribution in [0.4, 0.5) is 5.69 Å². The van der Waals surface area contributed by atoms with E-state index in [0.717, 1.165) is 16.3 Å². The van der Waals surface area contributed by atoms with Gasteiger partial charge in [0, 0.05) is 21.0 Å². The van der Waals surface area contributed by atoms with Crippen molar-refractivity contribution in [1.82, 2.24) is 10.4 Å². The standard InChI is InChI=1S/C16H11Cl2N3OS/c17-11-4-6-13(7-5-11)20-21-15(22)14-9-23-16(19-14)10-2-1-3-12(18)8-10/h1-9,20H,(H,21,22). The molecule has 0 atom stereocenters. The van der Waals surface area contributed by atoms with E-state index in [-0.39, 0.29) is 5.91 Å². The van der Waals surface area contributed by atoms with E-state index in [1.165, 1.54) is 11.3 Å². The predicted molar refractivity (Wildman–Crippen MR) is 95.1 cm³/mol. The molecule has 1 heterocycles. The molecule has 4 nitrogen and oxygen atoms in total. The molecule has 2 N–H and O–H groups in total. The van der Waals surface area contributed by atoms with E-state index in [1.807, 2.05) is 18.2 Å². The third-order valence-corrected chi connectivity index (χ3v) is 4.35. The van der Waals surface area contributed by atoms with Crippen LogP contribution in [0.5, 0.6) is 0 Å². The first kappa shape index (κ1) is 15.8. The molecule has 0 saturated heterocycles. The minimum atomic E-state index is -0.315. The molecule has 3 aromatic rings. The lowest BCUT2D eigenvalue weighted by atomic mass is 10.2. The minimum Gasteiger partial charge on any atom is -0.298 e. The van der Waals surface area contributed by atoms with Crippen LogP contribution in [-0.4, -0.2) is 10.9 Å². The van der Waals surface area contributed by atoms with Crippen molar-refractivity contribution in [3.8, 4) is 10.6 Å². The van der Waals surface area contributed by atoms with Gasteiger partial charge in [0.15, 0.2) is 0 Å². The lowest BCUT2D eigenvalue weighted by Crippen LogP contribution is -2.29. The van der Waals surface area contributed by atoms with Crippen molar-refractivity contribution < 1.29 is 4.79 Å². The second kappa shape index (κ2) is 7.00. The Hall–Kier alpha value is -2.08. The zero-order chi connectivity index (χ0) is 16.2. The van der Waals surface area contributed by atoms with Gasteiger partial charge in [-0.25, -0.2) is 4.98 Å². The molecule has 116 valence electrons. The summed E-state index contributed by atoms with van der Waals surface area (Å²) in [5.74, 6) is -0.315. The summed E-state index contributed by atoms with van der Waals surface area (Å²) in [6, 6.07) is 14.4. The first-order chi connectivity index (χ1) is 11.1. The van der Waals surface area contributed by atoms with E-state index < -0.39 is 0 Å². The number of amides is 1. The van der Waals surface area contributed by atoms with Crippen molar-refractivity contribution in [2.24, 2.45) is 0 Å². The Morgan fingerprint density at radius 2 is 1.83 bits per heavy atom. The molecule has 0 fully saturated rings. The fourth-order valence-corrected chi connectivity index (χ4v) is 2.97. The number of rotatable bonds is 4. The highest BCUT2D eigenvalue weighted by Crippen LogP contribution is 2.26. The maximum Gasteiger partial charge on any atom is 0.289 e. The van der Waals surface area contributed by atoms with Crippen LogP contribution in [0.2, 0.25) is 10.0 Å². The van der Waals surface area contributed by atoms with Gasteiger partial charge in [-0.1, -0.05) is 35.3 Å². The van der Waals surface area contributed by atoms with Crippen molar-refractivity contribution in [3.63, 3.8) is 0 Å². The van der Waals surface area contributed by atoms with Gasteiger partial charge in [-0.15, -0.1) is 11.3 Å². The number of nitrogens with zero attached hydrogens (tertiary/aromatic N) is 1. The van der Waals surface area contributed by atoms with Crippen LogP contribution in [0.25, 0.3) is 10.6 Å². The Morgan fingerprint density at radius 1 is 1.04 bits per heavy atom. The molecule has 0 spiro atoms. The van der Waals surface area contributed by atoms with Crippen molar-refractivity contribution in [3.05, 3.63) is 69.7 Å². The van der Waals surface area contributed by atoms with Gasteiger partial charge in [0.25, 0.3) is 5.91 Å². The van der Waals surface area contributed by atoms with Crippen molar-refractivity contribution in [1.29, 1.82) is 0 Å². The average Bonchev–Trinajstić information content (AvgIpc) is 3.04. The number of nitrogens with one attached hydrogen (secondary N) is 2. The Kier molecular flexibility index (Phi) is 4.81. The predicted octanol–water partition coefficient (Wildman–Crippen LogP) is 4.87. The number of hydrogen-bond acceptors (Lipinski definition) is 4. The Morgan fingerprint density at radius 3 is 2.57 bits per heavy atom. The topological polar surface area (TPSA) is 54.0 Å². The first-order valence-corrected chi connectivity index (χ1v) is 8.29. The van der Waals surface area contributed by atoms with Crippen LogP contribution in [0.3, 0.4) is 0 Å². The molecule has 0 aliphatic carbocycles. The van der Waals surface area contributed by atoms with Gasteiger partial charge < -0.3 is 0 Å². The van der Waals surface area contributed by atoms with Crippen LogP contribution >= 0.6 is 34.5 Å². The summed E-state index contributed by atoms with van der Waals surface area (Å²) in [7, 11) is 0. The molecule has 1 amide bonds. The zero-order valence-electron chi connectivity index (χ0n) is 11.7. The Bertz CT molecular complexity index is 833. The number of carbonyl (C=O) groups is 1. The monoisotopic (exact) mass is 363 g/mol. The van der Waals surface area contributed by atoms with Crippen LogP contribution in [0.15, 0.2) is 53.9 Å². The third-order valence-electron chi connectivity index (χ3n) is 2.97. The van der Waals surface area contributed by atoms with Gasteiger partial charge in [0.05, 0.1) is 5.69 Å². The number of carbonyl (C=O) groups excluding carboxylic acids is 1. The van der Waals surface area contributed by atoms with Crippen LogP contribution in [0, 0.1) is 0 Å². The number of anilines is 1. The molecule has 2 aromatic carbocycles. The molecule has 0 aliphatic rings. The summed E-state index contributed by atoms with van der Waals surface area (Å²) in [6.07, 6.45) is 0. The van der Waals surface area contributed by atoms with Gasteiger partial charge in [-0.3, -0.25) is 15.6 Å². The molecule has 0 aliphatic heterocycles. The molecular formula is C16H11Cl2N3OS. The maximum absolute atomic E-state index is 12.1. The minimum absolute atomic E-state index is 0.315. The van der Waals surface area contributed by atoms with Gasteiger partial charge >= 0.3 is 0 Å². The van der Waals surface area contributed by atoms with Crippen LogP contribution in [0.1, 0.15) is 10.5 Å². The second-order valence-corrected chi connectivity index (χ2v) is 6.37. The second-order valence-electron chi connectivity index (χ2n) is 4.63. The zero-order valence-corrected chi connectivity index (χ0v) is 14.0. The van der Waals surface area contributed by atoms with E-state index in [0.29, 0.717) is 15.7 Å². The van der Waals surface area contributed by atoms with E-state index >= 15 is 0 Å².